The van der Waals surface area contributed by atoms with Crippen molar-refractivity contribution in [1.82, 2.24) is 9.62 Å². The molecule has 2 aromatic rings. The van der Waals surface area contributed by atoms with Crippen molar-refractivity contribution < 1.29 is 27.1 Å². The molecule has 1 aliphatic heterocycles. The Balaban J connectivity index is 1.58. The summed E-state index contributed by atoms with van der Waals surface area (Å²) in [5, 5.41) is 0. The molecule has 1 amide bonds. The largest absolute Gasteiger partial charge is 0.465 e. The van der Waals surface area contributed by atoms with Crippen LogP contribution in [0.4, 0.5) is 4.39 Å². The van der Waals surface area contributed by atoms with E-state index in [0.29, 0.717) is 35.5 Å². The molecule has 0 radical (unpaired) electrons. The molecule has 1 fully saturated rings. The van der Waals surface area contributed by atoms with Crippen molar-refractivity contribution in [3.8, 4) is 0 Å². The number of hydrogen-bond donors (Lipinski definition) is 1. The third kappa shape index (κ3) is 5.12. The topological polar surface area (TPSA) is 92.8 Å². The number of amides is 1. The van der Waals surface area contributed by atoms with Crippen LogP contribution >= 0.6 is 11.3 Å². The van der Waals surface area contributed by atoms with Crippen molar-refractivity contribution in [1.29, 1.82) is 0 Å². The van der Waals surface area contributed by atoms with E-state index in [1.807, 2.05) is 0 Å². The van der Waals surface area contributed by atoms with Gasteiger partial charge in [0.15, 0.2) is 0 Å². The van der Waals surface area contributed by atoms with Crippen molar-refractivity contribution in [2.24, 2.45) is 5.92 Å². The number of rotatable bonds is 6. The summed E-state index contributed by atoms with van der Waals surface area (Å²) >= 11 is 1.01. The zero-order valence-electron chi connectivity index (χ0n) is 18.4. The minimum atomic E-state index is -4.04. The normalized spacial score (nSPS) is 17.0. The van der Waals surface area contributed by atoms with E-state index in [1.54, 1.807) is 4.90 Å². The van der Waals surface area contributed by atoms with Crippen LogP contribution in [0.2, 0.25) is 0 Å². The van der Waals surface area contributed by atoms with Gasteiger partial charge in [-0.3, -0.25) is 4.79 Å². The number of carbonyl (C=O) groups is 2. The molecular weight excluding hydrogens is 467 g/mol. The number of nitrogens with one attached hydrogen (secondary N) is 1. The number of carbonyl (C=O) groups excluding carboxylic acids is 2. The molecule has 7 nitrogen and oxygen atoms in total. The minimum absolute atomic E-state index is 0.0286. The molecular formula is C23H27FN2O5S2. The Morgan fingerprint density at radius 1 is 1.18 bits per heavy atom. The Morgan fingerprint density at radius 2 is 1.88 bits per heavy atom. The monoisotopic (exact) mass is 494 g/mol. The highest BCUT2D eigenvalue weighted by Crippen LogP contribution is 2.37. The smallest absolute Gasteiger partial charge is 0.340 e. The summed E-state index contributed by atoms with van der Waals surface area (Å²) in [6.45, 7) is 0.705. The number of esters is 1. The molecule has 0 spiro atoms. The highest BCUT2D eigenvalue weighted by Gasteiger charge is 2.36. The molecule has 0 saturated heterocycles. The van der Waals surface area contributed by atoms with Crippen LogP contribution in [-0.4, -0.2) is 38.8 Å². The predicted octanol–water partition coefficient (Wildman–Crippen LogP) is 3.62. The molecule has 1 aromatic heterocycles. The van der Waals surface area contributed by atoms with E-state index in [2.05, 4.69) is 4.72 Å². The van der Waals surface area contributed by atoms with Crippen molar-refractivity contribution in [3.05, 3.63) is 51.7 Å². The highest BCUT2D eigenvalue weighted by molar-refractivity contribution is 7.91. The summed E-state index contributed by atoms with van der Waals surface area (Å²) in [6, 6.07) is 5.50. The first-order valence-corrected chi connectivity index (χ1v) is 13.4. The summed E-state index contributed by atoms with van der Waals surface area (Å²) in [4.78, 5) is 28.1. The number of sulfonamides is 1. The van der Waals surface area contributed by atoms with Gasteiger partial charge in [-0.05, 0) is 42.5 Å². The Hall–Kier alpha value is -2.30. The lowest BCUT2D eigenvalue weighted by Gasteiger charge is -2.32. The molecule has 2 aliphatic rings. The molecule has 0 atom stereocenters. The molecule has 0 bridgehead atoms. The van der Waals surface area contributed by atoms with Gasteiger partial charge in [0.2, 0.25) is 5.91 Å². The third-order valence-corrected chi connectivity index (χ3v) is 9.44. The second-order valence-electron chi connectivity index (χ2n) is 8.45. The fraction of sp³-hybridized carbons (Fsp3) is 0.478. The third-order valence-electron chi connectivity index (χ3n) is 6.30. The molecule has 178 valence electrons. The lowest BCUT2D eigenvalue weighted by molar-refractivity contribution is -0.137. The molecule has 33 heavy (non-hydrogen) atoms. The summed E-state index contributed by atoms with van der Waals surface area (Å²) in [7, 11) is -2.82. The quantitative estimate of drug-likeness (QED) is 0.620. The molecule has 1 aromatic carbocycles. The van der Waals surface area contributed by atoms with Crippen LogP contribution in [0.15, 0.2) is 28.5 Å². The van der Waals surface area contributed by atoms with Gasteiger partial charge in [-0.1, -0.05) is 31.4 Å². The van der Waals surface area contributed by atoms with Crippen molar-refractivity contribution in [3.63, 3.8) is 0 Å². The molecule has 1 saturated carbocycles. The van der Waals surface area contributed by atoms with Gasteiger partial charge in [0.25, 0.3) is 10.0 Å². The molecule has 10 heteroatoms. The van der Waals surface area contributed by atoms with Gasteiger partial charge in [0, 0.05) is 23.9 Å². The highest BCUT2D eigenvalue weighted by atomic mass is 32.2. The minimum Gasteiger partial charge on any atom is -0.465 e. The Labute approximate surface area is 197 Å². The van der Waals surface area contributed by atoms with Gasteiger partial charge in [-0.2, -0.15) is 0 Å². The molecule has 4 rings (SSSR count). The lowest BCUT2D eigenvalue weighted by Crippen LogP contribution is -2.40. The summed E-state index contributed by atoms with van der Waals surface area (Å²) in [5.74, 6) is -0.970. The van der Waals surface area contributed by atoms with Crippen LogP contribution in [0.5, 0.6) is 0 Å². The summed E-state index contributed by atoms with van der Waals surface area (Å²) < 4.78 is 46.7. The number of nitrogens with zero attached hydrogens (tertiary/aromatic N) is 1. The van der Waals surface area contributed by atoms with E-state index in [0.717, 1.165) is 43.4 Å². The molecule has 1 aliphatic carbocycles. The van der Waals surface area contributed by atoms with Crippen molar-refractivity contribution in [2.75, 3.05) is 13.7 Å². The van der Waals surface area contributed by atoms with Crippen LogP contribution in [0.1, 0.15) is 58.5 Å². The number of methoxy groups -OCH3 is 1. The van der Waals surface area contributed by atoms with Crippen molar-refractivity contribution >= 4 is 33.2 Å². The van der Waals surface area contributed by atoms with Crippen LogP contribution in [0.3, 0.4) is 0 Å². The van der Waals surface area contributed by atoms with Gasteiger partial charge < -0.3 is 9.64 Å². The second kappa shape index (κ2) is 9.90. The first-order chi connectivity index (χ1) is 15.8. The Morgan fingerprint density at radius 3 is 2.55 bits per heavy atom. The fourth-order valence-corrected chi connectivity index (χ4v) is 7.48. The number of halogens is 1. The molecule has 1 N–H and O–H groups in total. The maximum absolute atomic E-state index is 13.1. The second-order valence-corrected chi connectivity index (χ2v) is 11.5. The first kappa shape index (κ1) is 23.8. The van der Waals surface area contributed by atoms with Crippen LogP contribution in [-0.2, 0) is 39.1 Å². The van der Waals surface area contributed by atoms with E-state index in [1.165, 1.54) is 31.4 Å². The summed E-state index contributed by atoms with van der Waals surface area (Å²) in [6.07, 6.45) is 5.47. The van der Waals surface area contributed by atoms with Crippen LogP contribution in [0.25, 0.3) is 0 Å². The van der Waals surface area contributed by atoms with E-state index in [9.17, 15) is 22.4 Å². The van der Waals surface area contributed by atoms with Gasteiger partial charge >= 0.3 is 5.97 Å². The molecule has 0 unspecified atom stereocenters. The SMILES string of the molecule is COC(=O)c1c(S(=O)(=O)NCc2ccc(F)cc2)sc2c1CCN(C(=O)C1CCCCC1)C2. The van der Waals surface area contributed by atoms with Gasteiger partial charge in [0.05, 0.1) is 19.2 Å². The number of benzene rings is 1. The fourth-order valence-electron chi connectivity index (χ4n) is 4.52. The Kier molecular flexibility index (Phi) is 7.16. The van der Waals surface area contributed by atoms with Gasteiger partial charge in [-0.15, -0.1) is 11.3 Å². The van der Waals surface area contributed by atoms with E-state index in [4.69, 9.17) is 4.74 Å². The Bertz CT molecular complexity index is 1140. The number of fused-ring (bicyclic) bond motifs is 1. The van der Waals surface area contributed by atoms with Gasteiger partial charge in [0.1, 0.15) is 10.0 Å². The average molecular weight is 495 g/mol. The maximum atomic E-state index is 13.1. The first-order valence-electron chi connectivity index (χ1n) is 11.1. The maximum Gasteiger partial charge on any atom is 0.340 e. The number of ether oxygens (including phenoxy) is 1. The van der Waals surface area contributed by atoms with Crippen molar-refractivity contribution in [2.45, 2.75) is 55.8 Å². The number of thiophene rings is 1. The zero-order chi connectivity index (χ0) is 23.6. The van der Waals surface area contributed by atoms with Gasteiger partial charge in [-0.25, -0.2) is 22.3 Å². The summed E-state index contributed by atoms with van der Waals surface area (Å²) in [5.41, 5.74) is 1.28. The van der Waals surface area contributed by atoms with Crippen LogP contribution in [0, 0.1) is 11.7 Å². The van der Waals surface area contributed by atoms with E-state index in [-0.39, 0.29) is 28.1 Å². The van der Waals surface area contributed by atoms with E-state index < -0.39 is 21.8 Å². The predicted molar refractivity (Wildman–Crippen MR) is 122 cm³/mol. The van der Waals surface area contributed by atoms with E-state index >= 15 is 0 Å². The lowest BCUT2D eigenvalue weighted by atomic mass is 9.88. The molecule has 2 heterocycles. The zero-order valence-corrected chi connectivity index (χ0v) is 20.1. The van der Waals surface area contributed by atoms with Crippen LogP contribution < -0.4 is 4.72 Å². The standard InChI is InChI=1S/C23H27FN2O5S2/c1-31-22(28)20-18-11-12-26(21(27)16-5-3-2-4-6-16)14-19(18)32-23(20)33(29,30)25-13-15-7-9-17(24)10-8-15/h7-10,16,25H,2-6,11-14H2,1H3. The number of hydrogen-bond acceptors (Lipinski definition) is 6. The average Bonchev–Trinajstić information content (AvgIpc) is 3.23.